The van der Waals surface area contributed by atoms with Gasteiger partial charge in [0.25, 0.3) is 0 Å². The first-order valence-electron chi connectivity index (χ1n) is 6.52. The SMILES string of the molecule is Nc1ccc(NS(=O)(=O)CC2CCCCC2)cc1Cl. The highest BCUT2D eigenvalue weighted by Gasteiger charge is 2.21. The van der Waals surface area contributed by atoms with Crippen molar-refractivity contribution in [3.63, 3.8) is 0 Å². The fourth-order valence-corrected chi connectivity index (χ4v) is 4.18. The molecule has 4 nitrogen and oxygen atoms in total. The minimum absolute atomic E-state index is 0.189. The lowest BCUT2D eigenvalue weighted by atomic mass is 9.91. The molecule has 1 saturated carbocycles. The normalized spacial score (nSPS) is 17.3. The summed E-state index contributed by atoms with van der Waals surface area (Å²) in [5.41, 5.74) is 6.50. The largest absolute Gasteiger partial charge is 0.398 e. The predicted octanol–water partition coefficient (Wildman–Crippen LogP) is 3.24. The van der Waals surface area contributed by atoms with Gasteiger partial charge < -0.3 is 5.73 Å². The number of hydrogen-bond donors (Lipinski definition) is 2. The molecule has 1 aromatic rings. The number of nitrogens with one attached hydrogen (secondary N) is 1. The maximum absolute atomic E-state index is 12.1. The fraction of sp³-hybridized carbons (Fsp3) is 0.538. The molecule has 1 fully saturated rings. The Morgan fingerprint density at radius 2 is 1.95 bits per heavy atom. The molecule has 0 saturated heterocycles. The van der Waals surface area contributed by atoms with Gasteiger partial charge in [-0.3, -0.25) is 4.72 Å². The molecule has 0 aliphatic heterocycles. The molecule has 0 atom stereocenters. The van der Waals surface area contributed by atoms with Gasteiger partial charge in [-0.1, -0.05) is 30.9 Å². The molecular formula is C13H19ClN2O2S. The van der Waals surface area contributed by atoms with Crippen molar-refractivity contribution >= 4 is 33.0 Å². The van der Waals surface area contributed by atoms with Gasteiger partial charge in [0.2, 0.25) is 10.0 Å². The van der Waals surface area contributed by atoms with Gasteiger partial charge in [-0.15, -0.1) is 0 Å². The molecule has 0 unspecified atom stereocenters. The van der Waals surface area contributed by atoms with Crippen LogP contribution < -0.4 is 10.5 Å². The van der Waals surface area contributed by atoms with E-state index >= 15 is 0 Å². The second-order valence-corrected chi connectivity index (χ2v) is 7.30. The zero-order valence-corrected chi connectivity index (χ0v) is 12.3. The molecule has 0 amide bonds. The molecule has 0 heterocycles. The molecule has 0 spiro atoms. The fourth-order valence-electron chi connectivity index (χ4n) is 2.48. The number of hydrogen-bond acceptors (Lipinski definition) is 3. The average Bonchev–Trinajstić information content (AvgIpc) is 2.34. The summed E-state index contributed by atoms with van der Waals surface area (Å²) in [6.45, 7) is 0. The molecule has 0 bridgehead atoms. The van der Waals surface area contributed by atoms with Crippen LogP contribution in [0.5, 0.6) is 0 Å². The molecule has 1 aromatic carbocycles. The van der Waals surface area contributed by atoms with Crippen LogP contribution in [0.4, 0.5) is 11.4 Å². The number of sulfonamides is 1. The van der Waals surface area contributed by atoms with Crippen molar-refractivity contribution in [3.8, 4) is 0 Å². The van der Waals surface area contributed by atoms with Crippen LogP contribution in [0.25, 0.3) is 0 Å². The van der Waals surface area contributed by atoms with Gasteiger partial charge in [-0.2, -0.15) is 0 Å². The first-order chi connectivity index (χ1) is 8.96. The van der Waals surface area contributed by atoms with Crippen molar-refractivity contribution in [1.82, 2.24) is 0 Å². The van der Waals surface area contributed by atoms with Gasteiger partial charge in [0.15, 0.2) is 0 Å². The standard InChI is InChI=1S/C13H19ClN2O2S/c14-12-8-11(6-7-13(12)15)16-19(17,18)9-10-4-2-1-3-5-10/h6-8,10,16H,1-5,9,15H2. The molecule has 0 radical (unpaired) electrons. The summed E-state index contributed by atoms with van der Waals surface area (Å²) >= 11 is 5.87. The number of benzene rings is 1. The Morgan fingerprint density at radius 1 is 1.26 bits per heavy atom. The van der Waals surface area contributed by atoms with E-state index in [1.165, 1.54) is 12.5 Å². The van der Waals surface area contributed by atoms with E-state index in [1.807, 2.05) is 0 Å². The number of nitrogens with two attached hydrogens (primary N) is 1. The van der Waals surface area contributed by atoms with Crippen molar-refractivity contribution in [1.29, 1.82) is 0 Å². The topological polar surface area (TPSA) is 72.2 Å². The summed E-state index contributed by atoms with van der Waals surface area (Å²) < 4.78 is 26.7. The Hall–Kier alpha value is -0.940. The van der Waals surface area contributed by atoms with Gasteiger partial charge in [0.1, 0.15) is 0 Å². The summed E-state index contributed by atoms with van der Waals surface area (Å²) in [4.78, 5) is 0. The Labute approximate surface area is 119 Å². The van der Waals surface area contributed by atoms with Crippen LogP contribution in [-0.4, -0.2) is 14.2 Å². The van der Waals surface area contributed by atoms with Gasteiger partial charge in [-0.25, -0.2) is 8.42 Å². The minimum Gasteiger partial charge on any atom is -0.398 e. The van der Waals surface area contributed by atoms with Gasteiger partial charge >= 0.3 is 0 Å². The van der Waals surface area contributed by atoms with Gasteiger partial charge in [0.05, 0.1) is 22.2 Å². The Morgan fingerprint density at radius 3 is 2.58 bits per heavy atom. The maximum atomic E-state index is 12.1. The second-order valence-electron chi connectivity index (χ2n) is 5.12. The van der Waals surface area contributed by atoms with E-state index < -0.39 is 10.0 Å². The third-order valence-corrected chi connectivity index (χ3v) is 5.24. The summed E-state index contributed by atoms with van der Waals surface area (Å²) in [7, 11) is -3.31. The Kier molecular flexibility index (Phi) is 4.58. The van der Waals surface area contributed by atoms with Crippen LogP contribution >= 0.6 is 11.6 Å². The van der Waals surface area contributed by atoms with Crippen LogP contribution in [0.15, 0.2) is 18.2 Å². The van der Waals surface area contributed by atoms with Crippen LogP contribution in [0.2, 0.25) is 5.02 Å². The minimum atomic E-state index is -3.31. The summed E-state index contributed by atoms with van der Waals surface area (Å²) in [5.74, 6) is 0.463. The molecule has 1 aliphatic carbocycles. The highest BCUT2D eigenvalue weighted by Crippen LogP contribution is 2.27. The van der Waals surface area contributed by atoms with Crippen LogP contribution in [-0.2, 0) is 10.0 Å². The highest BCUT2D eigenvalue weighted by atomic mass is 35.5. The predicted molar refractivity (Wildman–Crippen MR) is 79.8 cm³/mol. The van der Waals surface area contributed by atoms with Crippen LogP contribution in [0.1, 0.15) is 32.1 Å². The Balaban J connectivity index is 2.01. The molecule has 3 N–H and O–H groups in total. The molecule has 0 aromatic heterocycles. The third kappa shape index (κ3) is 4.28. The lowest BCUT2D eigenvalue weighted by Gasteiger charge is -2.21. The smallest absolute Gasteiger partial charge is 0.232 e. The number of halogens is 1. The van der Waals surface area contributed by atoms with Crippen LogP contribution in [0.3, 0.4) is 0 Å². The van der Waals surface area contributed by atoms with Crippen molar-refractivity contribution in [2.75, 3.05) is 16.2 Å². The van der Waals surface area contributed by atoms with E-state index in [9.17, 15) is 8.42 Å². The highest BCUT2D eigenvalue weighted by molar-refractivity contribution is 7.92. The second kappa shape index (κ2) is 6.01. The average molecular weight is 303 g/mol. The zero-order valence-electron chi connectivity index (χ0n) is 10.7. The summed E-state index contributed by atoms with van der Waals surface area (Å²) in [6.07, 6.45) is 5.49. The first kappa shape index (κ1) is 14.5. The monoisotopic (exact) mass is 302 g/mol. The molecule has 6 heteroatoms. The van der Waals surface area contributed by atoms with E-state index in [1.54, 1.807) is 12.1 Å². The Bertz CT molecular complexity index is 540. The number of anilines is 2. The molecule has 2 rings (SSSR count). The van der Waals surface area contributed by atoms with E-state index in [-0.39, 0.29) is 11.7 Å². The van der Waals surface area contributed by atoms with Crippen molar-refractivity contribution < 1.29 is 8.42 Å². The van der Waals surface area contributed by atoms with Crippen LogP contribution in [0, 0.1) is 5.92 Å². The molecule has 19 heavy (non-hydrogen) atoms. The molecule has 1 aliphatic rings. The van der Waals surface area contributed by atoms with E-state index in [2.05, 4.69) is 4.72 Å². The number of rotatable bonds is 4. The lowest BCUT2D eigenvalue weighted by Crippen LogP contribution is -2.24. The number of nitrogen functional groups attached to an aromatic ring is 1. The van der Waals surface area contributed by atoms with E-state index in [0.29, 0.717) is 16.4 Å². The van der Waals surface area contributed by atoms with Gasteiger partial charge in [0, 0.05) is 0 Å². The maximum Gasteiger partial charge on any atom is 0.232 e. The third-order valence-electron chi connectivity index (χ3n) is 3.45. The van der Waals surface area contributed by atoms with E-state index in [0.717, 1.165) is 25.7 Å². The first-order valence-corrected chi connectivity index (χ1v) is 8.55. The van der Waals surface area contributed by atoms with E-state index in [4.69, 9.17) is 17.3 Å². The quantitative estimate of drug-likeness (QED) is 0.839. The lowest BCUT2D eigenvalue weighted by molar-refractivity contribution is 0.385. The van der Waals surface area contributed by atoms with Gasteiger partial charge in [-0.05, 0) is 37.0 Å². The molecular weight excluding hydrogens is 284 g/mol. The van der Waals surface area contributed by atoms with Crippen molar-refractivity contribution in [2.24, 2.45) is 5.92 Å². The van der Waals surface area contributed by atoms with Crippen molar-refractivity contribution in [3.05, 3.63) is 23.2 Å². The zero-order chi connectivity index (χ0) is 13.9. The summed E-state index contributed by atoms with van der Waals surface area (Å²) in [6, 6.07) is 4.76. The summed E-state index contributed by atoms with van der Waals surface area (Å²) in [5, 5.41) is 0.359. The molecule has 106 valence electrons. The van der Waals surface area contributed by atoms with Crippen molar-refractivity contribution in [2.45, 2.75) is 32.1 Å².